The predicted octanol–water partition coefficient (Wildman–Crippen LogP) is 4.53. The van der Waals surface area contributed by atoms with E-state index in [-0.39, 0.29) is 20.6 Å². The zero-order valence-electron chi connectivity index (χ0n) is 9.35. The van der Waals surface area contributed by atoms with Crippen LogP contribution in [0.3, 0.4) is 0 Å². The Morgan fingerprint density at radius 1 is 1.05 bits per heavy atom. The highest BCUT2D eigenvalue weighted by Crippen LogP contribution is 2.34. The molecule has 2 aromatic rings. The molecule has 3 nitrogen and oxygen atoms in total. The van der Waals surface area contributed by atoms with E-state index in [4.69, 9.17) is 23.2 Å². The summed E-state index contributed by atoms with van der Waals surface area (Å²) < 4.78 is 40.9. The summed E-state index contributed by atoms with van der Waals surface area (Å²) in [4.78, 5) is -0.259. The summed E-state index contributed by atoms with van der Waals surface area (Å²) in [6.45, 7) is 0. The van der Waals surface area contributed by atoms with Crippen molar-refractivity contribution in [1.82, 2.24) is 0 Å². The first-order valence-corrected chi connectivity index (χ1v) is 7.27. The molecule has 0 spiro atoms. The number of halogens is 3. The minimum atomic E-state index is -4.12. The summed E-state index contributed by atoms with van der Waals surface area (Å²) in [6, 6.07) is 9.26. The Hall–Kier alpha value is -1.30. The van der Waals surface area contributed by atoms with Crippen LogP contribution >= 0.6 is 23.2 Å². The van der Waals surface area contributed by atoms with Crippen LogP contribution in [0.2, 0.25) is 10.0 Å². The normalized spacial score (nSPS) is 11.3. The maximum atomic E-state index is 13.4. The van der Waals surface area contributed by atoms with Crippen LogP contribution in [0.25, 0.3) is 4.72 Å². The van der Waals surface area contributed by atoms with Gasteiger partial charge < -0.3 is 4.72 Å². The Kier molecular flexibility index (Phi) is 3.99. The van der Waals surface area contributed by atoms with Crippen LogP contribution < -0.4 is 0 Å². The topological polar surface area (TPSA) is 48.2 Å². The van der Waals surface area contributed by atoms with Gasteiger partial charge in [-0.2, -0.15) is 0 Å². The van der Waals surface area contributed by atoms with Gasteiger partial charge in [0, 0.05) is 5.02 Å². The molecule has 0 aliphatic heterocycles. The molecule has 0 aromatic heterocycles. The first-order chi connectivity index (χ1) is 8.90. The maximum Gasteiger partial charge on any atom is 0.124 e. The van der Waals surface area contributed by atoms with Crippen molar-refractivity contribution in [3.05, 3.63) is 63.0 Å². The third kappa shape index (κ3) is 3.18. The van der Waals surface area contributed by atoms with Crippen molar-refractivity contribution in [3.63, 3.8) is 0 Å². The average molecular weight is 319 g/mol. The van der Waals surface area contributed by atoms with Crippen LogP contribution in [0.1, 0.15) is 0 Å². The lowest BCUT2D eigenvalue weighted by molar-refractivity contribution is 0.601. The number of sulfonamides is 1. The summed E-state index contributed by atoms with van der Waals surface area (Å²) in [7, 11) is -4.12. The van der Waals surface area contributed by atoms with Gasteiger partial charge in [-0.15, -0.1) is 0 Å². The fourth-order valence-corrected chi connectivity index (χ4v) is 3.12. The van der Waals surface area contributed by atoms with Crippen LogP contribution in [0.15, 0.2) is 47.4 Å². The van der Waals surface area contributed by atoms with Gasteiger partial charge in [-0.25, -0.2) is 12.8 Å². The molecule has 0 atom stereocenters. The third-order valence-electron chi connectivity index (χ3n) is 2.24. The van der Waals surface area contributed by atoms with E-state index in [1.807, 2.05) is 0 Å². The Labute approximate surface area is 120 Å². The molecular formula is C12H7Cl2FNO2S-. The SMILES string of the molecule is O=S(=O)([N-]c1ccccc1F)c1cc(Cl)ccc1Cl. The molecule has 0 bridgehead atoms. The number of hydrogen-bond acceptors (Lipinski definition) is 2. The standard InChI is InChI=1S/C12H7Cl2FNO2S/c13-8-5-6-9(14)12(7-8)19(17,18)16-11-4-2-1-3-10(11)15/h1-7H/q-1. The number of hydrogen-bond donors (Lipinski definition) is 0. The van der Waals surface area contributed by atoms with Crippen molar-refractivity contribution < 1.29 is 12.8 Å². The second kappa shape index (κ2) is 5.36. The summed E-state index contributed by atoms with van der Waals surface area (Å²) in [5, 5.41) is 0.177. The molecule has 0 saturated heterocycles. The molecule has 0 saturated carbocycles. The molecule has 0 fully saturated rings. The molecule has 2 rings (SSSR count). The summed E-state index contributed by atoms with van der Waals surface area (Å²) in [5.74, 6) is -0.732. The third-order valence-corrected chi connectivity index (χ3v) is 4.25. The van der Waals surface area contributed by atoms with Gasteiger partial charge in [0.1, 0.15) is 15.8 Å². The molecule has 0 amide bonds. The van der Waals surface area contributed by atoms with Crippen LogP contribution in [-0.4, -0.2) is 8.42 Å². The van der Waals surface area contributed by atoms with E-state index in [9.17, 15) is 12.8 Å². The number of nitrogens with zero attached hydrogens (tertiary/aromatic N) is 1. The number of benzene rings is 2. The Morgan fingerprint density at radius 2 is 1.74 bits per heavy atom. The van der Waals surface area contributed by atoms with Crippen molar-refractivity contribution in [3.8, 4) is 0 Å². The highest BCUT2D eigenvalue weighted by molar-refractivity contribution is 7.94. The zero-order chi connectivity index (χ0) is 14.0. The molecule has 0 radical (unpaired) electrons. The predicted molar refractivity (Wildman–Crippen MR) is 73.1 cm³/mol. The van der Waals surface area contributed by atoms with E-state index >= 15 is 0 Å². The van der Waals surface area contributed by atoms with E-state index in [0.29, 0.717) is 0 Å². The minimum absolute atomic E-state index is 0.0236. The van der Waals surface area contributed by atoms with E-state index in [2.05, 4.69) is 4.72 Å². The second-order valence-electron chi connectivity index (χ2n) is 3.59. The van der Waals surface area contributed by atoms with Gasteiger partial charge in [0.2, 0.25) is 0 Å². The van der Waals surface area contributed by atoms with Gasteiger partial charge in [-0.05, 0) is 24.3 Å². The Balaban J connectivity index is 2.44. The van der Waals surface area contributed by atoms with Crippen molar-refractivity contribution >= 4 is 38.9 Å². The zero-order valence-corrected chi connectivity index (χ0v) is 11.7. The fraction of sp³-hybridized carbons (Fsp3) is 0. The van der Waals surface area contributed by atoms with Crippen LogP contribution in [0, 0.1) is 5.82 Å². The lowest BCUT2D eigenvalue weighted by Gasteiger charge is -2.23. The molecule has 0 heterocycles. The van der Waals surface area contributed by atoms with Gasteiger partial charge in [0.15, 0.2) is 0 Å². The Bertz CT molecular complexity index is 719. The quantitative estimate of drug-likeness (QED) is 0.834. The first-order valence-electron chi connectivity index (χ1n) is 5.08. The second-order valence-corrected chi connectivity index (χ2v) is 6.01. The monoisotopic (exact) mass is 318 g/mol. The molecule has 0 unspecified atom stereocenters. The average Bonchev–Trinajstić information content (AvgIpc) is 2.35. The lowest BCUT2D eigenvalue weighted by Crippen LogP contribution is -1.99. The summed E-state index contributed by atoms with van der Waals surface area (Å²) in [5.41, 5.74) is -0.279. The molecule has 7 heteroatoms. The van der Waals surface area contributed by atoms with Crippen molar-refractivity contribution in [2.24, 2.45) is 0 Å². The van der Waals surface area contributed by atoms with E-state index in [1.165, 1.54) is 36.4 Å². The van der Waals surface area contributed by atoms with Crippen LogP contribution in [0.4, 0.5) is 10.1 Å². The summed E-state index contributed by atoms with van der Waals surface area (Å²) in [6.07, 6.45) is 0. The van der Waals surface area contributed by atoms with Crippen molar-refractivity contribution in [1.29, 1.82) is 0 Å². The van der Waals surface area contributed by atoms with Gasteiger partial charge in [0.25, 0.3) is 0 Å². The molecule has 100 valence electrons. The lowest BCUT2D eigenvalue weighted by atomic mass is 10.3. The smallest absolute Gasteiger partial charge is 0.124 e. The molecular weight excluding hydrogens is 312 g/mol. The van der Waals surface area contributed by atoms with Crippen molar-refractivity contribution in [2.75, 3.05) is 0 Å². The van der Waals surface area contributed by atoms with Crippen molar-refractivity contribution in [2.45, 2.75) is 4.90 Å². The molecule has 2 aromatic carbocycles. The number of rotatable bonds is 3. The van der Waals surface area contributed by atoms with Gasteiger partial charge >= 0.3 is 0 Å². The van der Waals surface area contributed by atoms with Crippen LogP contribution in [-0.2, 0) is 10.0 Å². The van der Waals surface area contributed by atoms with Gasteiger partial charge in [-0.3, -0.25) is 0 Å². The maximum absolute atomic E-state index is 13.4. The molecule has 0 aliphatic rings. The largest absolute Gasteiger partial charge is 0.570 e. The van der Waals surface area contributed by atoms with E-state index in [1.54, 1.807) is 0 Å². The highest BCUT2D eigenvalue weighted by Gasteiger charge is 2.11. The van der Waals surface area contributed by atoms with E-state index in [0.717, 1.165) is 6.07 Å². The fourth-order valence-electron chi connectivity index (χ4n) is 1.38. The van der Waals surface area contributed by atoms with E-state index < -0.39 is 15.8 Å². The minimum Gasteiger partial charge on any atom is -0.570 e. The molecule has 0 aliphatic carbocycles. The highest BCUT2D eigenvalue weighted by atomic mass is 35.5. The first kappa shape index (κ1) is 14.1. The summed E-state index contributed by atoms with van der Waals surface area (Å²) >= 11 is 11.5. The molecule has 19 heavy (non-hydrogen) atoms. The van der Waals surface area contributed by atoms with Gasteiger partial charge in [0.05, 0.1) is 9.92 Å². The molecule has 0 N–H and O–H groups in total. The Morgan fingerprint density at radius 3 is 2.42 bits per heavy atom. The van der Waals surface area contributed by atoms with Gasteiger partial charge in [-0.1, -0.05) is 47.1 Å². The van der Waals surface area contributed by atoms with Crippen LogP contribution in [0.5, 0.6) is 0 Å².